The summed E-state index contributed by atoms with van der Waals surface area (Å²) in [6.07, 6.45) is 2.99. The number of aryl methyl sites for hydroxylation is 2. The van der Waals surface area contributed by atoms with Gasteiger partial charge in [-0.1, -0.05) is 5.21 Å². The Morgan fingerprint density at radius 3 is 2.88 bits per heavy atom. The van der Waals surface area contributed by atoms with Crippen molar-refractivity contribution in [2.24, 2.45) is 17.5 Å². The molecule has 0 unspecified atom stereocenters. The number of Topliss-reactive ketones (excluding diaryl/α,β-unsaturated/α-hetero) is 1. The van der Waals surface area contributed by atoms with Gasteiger partial charge in [-0.2, -0.15) is 12.6 Å². The zero-order valence-electron chi connectivity index (χ0n) is 13.7. The van der Waals surface area contributed by atoms with Gasteiger partial charge in [-0.3, -0.25) is 24.9 Å². The second-order valence-electron chi connectivity index (χ2n) is 6.03. The van der Waals surface area contributed by atoms with Crippen molar-refractivity contribution in [1.29, 1.82) is 0 Å². The molecule has 2 rings (SSSR count). The molecule has 1 aromatic heterocycles. The number of rotatable bonds is 5. The lowest BCUT2D eigenvalue weighted by Crippen LogP contribution is -2.53. The third-order valence-electron chi connectivity index (χ3n) is 4.24. The first-order valence-corrected chi connectivity index (χ1v) is 8.66. The van der Waals surface area contributed by atoms with E-state index in [1.54, 1.807) is 10.9 Å². The Hall–Kier alpha value is -1.98. The Labute approximate surface area is 151 Å². The molecule has 0 fully saturated rings. The van der Waals surface area contributed by atoms with Crippen molar-refractivity contribution < 1.29 is 15.8 Å². The van der Waals surface area contributed by atoms with Gasteiger partial charge in [0.15, 0.2) is 5.78 Å². The topological polar surface area (TPSA) is 158 Å². The lowest BCUT2D eigenvalue weighted by Gasteiger charge is -2.22. The Morgan fingerprint density at radius 2 is 2.24 bits per heavy atom. The molecule has 1 aliphatic rings. The minimum absolute atomic E-state index is 0. The Balaban J connectivity index is 0.00000338. The standard InChI is InChI=1S/C14H23N7O3S.H2/c15-13(23)8-1-2-9-6-21(20-19-9)4-3-10(12(22)5-8)17-14(24)11(7-25)18-16;/h6,8,10-11,18,25H,1-5,7,16H2,(H2,15,23)(H,17,24);1H/t8-,10+,11+;/m1./s1. The molecule has 25 heavy (non-hydrogen) atoms. The molecule has 11 heteroatoms. The molecule has 1 aromatic rings. The quantitative estimate of drug-likeness (QED) is 0.231. The summed E-state index contributed by atoms with van der Waals surface area (Å²) in [6, 6.07) is -1.49. The molecule has 6 N–H and O–H groups in total. The monoisotopic (exact) mass is 371 g/mol. The number of hydrogen-bond donors (Lipinski definition) is 5. The maximum Gasteiger partial charge on any atom is 0.239 e. The van der Waals surface area contributed by atoms with E-state index in [1.807, 2.05) is 0 Å². The van der Waals surface area contributed by atoms with Crippen LogP contribution in [0.5, 0.6) is 0 Å². The average molecular weight is 371 g/mol. The number of nitrogens with one attached hydrogen (secondary N) is 2. The highest BCUT2D eigenvalue weighted by Gasteiger charge is 2.29. The smallest absolute Gasteiger partial charge is 0.239 e. The van der Waals surface area contributed by atoms with Crippen LogP contribution in [0.1, 0.15) is 26.4 Å². The summed E-state index contributed by atoms with van der Waals surface area (Å²) in [7, 11) is 0. The van der Waals surface area contributed by atoms with Crippen LogP contribution < -0.4 is 22.3 Å². The van der Waals surface area contributed by atoms with Crippen molar-refractivity contribution in [3.63, 3.8) is 0 Å². The van der Waals surface area contributed by atoms with Crippen molar-refractivity contribution in [3.8, 4) is 0 Å². The molecular weight excluding hydrogens is 346 g/mol. The molecule has 140 valence electrons. The van der Waals surface area contributed by atoms with E-state index in [4.69, 9.17) is 11.6 Å². The van der Waals surface area contributed by atoms with E-state index in [1.165, 1.54) is 0 Å². The van der Waals surface area contributed by atoms with Crippen LogP contribution in [0.3, 0.4) is 0 Å². The predicted molar refractivity (Wildman–Crippen MR) is 94.3 cm³/mol. The number of carbonyl (C=O) groups is 3. The number of carbonyl (C=O) groups excluding carboxylic acids is 3. The van der Waals surface area contributed by atoms with Crippen LogP contribution in [0.25, 0.3) is 0 Å². The lowest BCUT2D eigenvalue weighted by molar-refractivity contribution is -0.131. The number of ketones is 1. The number of hydrogen-bond acceptors (Lipinski definition) is 8. The molecule has 0 radical (unpaired) electrons. The fourth-order valence-electron chi connectivity index (χ4n) is 2.67. The fraction of sp³-hybridized carbons (Fsp3) is 0.643. The van der Waals surface area contributed by atoms with Gasteiger partial charge >= 0.3 is 0 Å². The SMILES string of the molecule is NN[C@@H](CS)C(=O)N[C@H]1CCn2cc(nn2)CC[C@@H](C(N)=O)CC1=O.[HH]. The molecule has 2 bridgehead atoms. The molecular formula is C14H25N7O3S. The van der Waals surface area contributed by atoms with Crippen molar-refractivity contribution in [2.45, 2.75) is 44.3 Å². The molecule has 0 aliphatic carbocycles. The van der Waals surface area contributed by atoms with Gasteiger partial charge in [0, 0.05) is 32.3 Å². The Bertz CT molecular complexity index is 638. The van der Waals surface area contributed by atoms with Gasteiger partial charge in [-0.25, -0.2) is 5.43 Å². The van der Waals surface area contributed by atoms with Crippen LogP contribution in [-0.4, -0.2) is 50.4 Å². The molecule has 10 nitrogen and oxygen atoms in total. The predicted octanol–water partition coefficient (Wildman–Crippen LogP) is -1.83. The normalized spacial score (nSPS) is 22.7. The summed E-state index contributed by atoms with van der Waals surface area (Å²) < 4.78 is 1.61. The van der Waals surface area contributed by atoms with Gasteiger partial charge in [0.25, 0.3) is 0 Å². The van der Waals surface area contributed by atoms with Crippen LogP contribution in [-0.2, 0) is 27.3 Å². The third-order valence-corrected chi connectivity index (χ3v) is 4.60. The second-order valence-corrected chi connectivity index (χ2v) is 6.40. The van der Waals surface area contributed by atoms with Gasteiger partial charge < -0.3 is 11.1 Å². The van der Waals surface area contributed by atoms with Crippen molar-refractivity contribution in [1.82, 2.24) is 25.7 Å². The third kappa shape index (κ3) is 5.25. The molecule has 0 spiro atoms. The van der Waals surface area contributed by atoms with Crippen LogP contribution >= 0.6 is 12.6 Å². The van der Waals surface area contributed by atoms with Crippen LogP contribution in [0.2, 0.25) is 0 Å². The first kappa shape index (κ1) is 19.3. The van der Waals surface area contributed by atoms with Crippen LogP contribution in [0.15, 0.2) is 6.20 Å². The zero-order valence-corrected chi connectivity index (χ0v) is 14.6. The first-order valence-electron chi connectivity index (χ1n) is 8.03. The molecule has 1 aliphatic heterocycles. The number of amides is 2. The van der Waals surface area contributed by atoms with E-state index < -0.39 is 29.8 Å². The van der Waals surface area contributed by atoms with Gasteiger partial charge in [0.1, 0.15) is 6.04 Å². The first-order chi connectivity index (χ1) is 11.9. The minimum Gasteiger partial charge on any atom is -0.369 e. The van der Waals surface area contributed by atoms with Gasteiger partial charge in [0.05, 0.1) is 11.7 Å². The van der Waals surface area contributed by atoms with E-state index in [0.717, 1.165) is 5.69 Å². The van der Waals surface area contributed by atoms with Crippen molar-refractivity contribution >= 4 is 30.2 Å². The van der Waals surface area contributed by atoms with Gasteiger partial charge in [-0.05, 0) is 19.3 Å². The van der Waals surface area contributed by atoms with Gasteiger partial charge in [0.2, 0.25) is 11.8 Å². The maximum atomic E-state index is 12.6. The molecule has 2 amide bonds. The van der Waals surface area contributed by atoms with E-state index in [0.29, 0.717) is 25.8 Å². The summed E-state index contributed by atoms with van der Waals surface area (Å²) >= 11 is 4.04. The second kappa shape index (κ2) is 8.92. The lowest BCUT2D eigenvalue weighted by atomic mass is 9.92. The van der Waals surface area contributed by atoms with Gasteiger partial charge in [-0.15, -0.1) is 5.10 Å². The summed E-state index contributed by atoms with van der Waals surface area (Å²) in [5.41, 5.74) is 8.50. The number of fused-ring (bicyclic) bond motifs is 2. The summed E-state index contributed by atoms with van der Waals surface area (Å²) in [5, 5.41) is 10.7. The van der Waals surface area contributed by atoms with Crippen LogP contribution in [0.4, 0.5) is 0 Å². The van der Waals surface area contributed by atoms with Crippen molar-refractivity contribution in [3.05, 3.63) is 11.9 Å². The number of hydrazine groups is 1. The molecule has 0 saturated heterocycles. The highest BCUT2D eigenvalue weighted by molar-refractivity contribution is 7.80. The largest absolute Gasteiger partial charge is 0.369 e. The summed E-state index contributed by atoms with van der Waals surface area (Å²) in [6.45, 7) is 0.409. The summed E-state index contributed by atoms with van der Waals surface area (Å²) in [4.78, 5) is 36.5. The highest BCUT2D eigenvalue weighted by atomic mass is 32.1. The summed E-state index contributed by atoms with van der Waals surface area (Å²) in [5.74, 6) is 3.67. The Morgan fingerprint density at radius 1 is 1.48 bits per heavy atom. The van der Waals surface area contributed by atoms with Crippen molar-refractivity contribution in [2.75, 3.05) is 5.75 Å². The average Bonchev–Trinajstić information content (AvgIpc) is 3.02. The maximum absolute atomic E-state index is 12.6. The van der Waals surface area contributed by atoms with E-state index in [-0.39, 0.29) is 19.4 Å². The van der Waals surface area contributed by atoms with E-state index >= 15 is 0 Å². The number of aromatic nitrogens is 3. The highest BCUT2D eigenvalue weighted by Crippen LogP contribution is 2.16. The zero-order chi connectivity index (χ0) is 18.4. The Kier molecular flexibility index (Phi) is 6.91. The van der Waals surface area contributed by atoms with Crippen LogP contribution in [0, 0.1) is 5.92 Å². The molecule has 0 saturated carbocycles. The van der Waals surface area contributed by atoms with E-state index in [9.17, 15) is 14.4 Å². The fourth-order valence-corrected chi connectivity index (χ4v) is 2.94. The molecule has 2 heterocycles. The number of primary amides is 1. The molecule has 0 aromatic carbocycles. The minimum atomic E-state index is -0.768. The number of thiol groups is 1. The molecule has 3 atom stereocenters. The van der Waals surface area contributed by atoms with E-state index in [2.05, 4.69) is 33.7 Å². The number of nitrogens with zero attached hydrogens (tertiary/aromatic N) is 3. The number of nitrogens with two attached hydrogens (primary N) is 2.